The van der Waals surface area contributed by atoms with Crippen LogP contribution in [0, 0.1) is 0 Å². The first-order chi connectivity index (χ1) is 7.07. The molecule has 92 valence electrons. The lowest BCUT2D eigenvalue weighted by molar-refractivity contribution is -0.287. The van der Waals surface area contributed by atoms with E-state index in [2.05, 4.69) is 0 Å². The minimum absolute atomic E-state index is 0.0437. The van der Waals surface area contributed by atoms with Crippen LogP contribution in [0.3, 0.4) is 0 Å². The molecule has 5 unspecified atom stereocenters. The SMILES string of the molecule is CC.COCC1OC(O)C(O)C(O)C1O. The van der Waals surface area contributed by atoms with Gasteiger partial charge in [0.1, 0.15) is 24.4 Å². The summed E-state index contributed by atoms with van der Waals surface area (Å²) >= 11 is 0. The van der Waals surface area contributed by atoms with Gasteiger partial charge in [-0.3, -0.25) is 0 Å². The minimum Gasteiger partial charge on any atom is -0.387 e. The lowest BCUT2D eigenvalue weighted by Crippen LogP contribution is -2.58. The van der Waals surface area contributed by atoms with E-state index in [1.165, 1.54) is 7.11 Å². The number of methoxy groups -OCH3 is 1. The van der Waals surface area contributed by atoms with Crippen molar-refractivity contribution in [2.24, 2.45) is 0 Å². The highest BCUT2D eigenvalue weighted by atomic mass is 16.6. The number of rotatable bonds is 2. The van der Waals surface area contributed by atoms with Crippen LogP contribution in [-0.2, 0) is 9.47 Å². The first-order valence-corrected chi connectivity index (χ1v) is 4.94. The fourth-order valence-electron chi connectivity index (χ4n) is 1.23. The number of hydrogen-bond donors (Lipinski definition) is 4. The van der Waals surface area contributed by atoms with Crippen LogP contribution in [0.15, 0.2) is 0 Å². The lowest BCUT2D eigenvalue weighted by atomic mass is 9.99. The Bertz CT molecular complexity index is 165. The molecule has 0 aromatic carbocycles. The molecule has 15 heavy (non-hydrogen) atoms. The van der Waals surface area contributed by atoms with Crippen molar-refractivity contribution in [2.45, 2.75) is 44.6 Å². The van der Waals surface area contributed by atoms with Crippen molar-refractivity contribution < 1.29 is 29.9 Å². The van der Waals surface area contributed by atoms with E-state index < -0.39 is 30.7 Å². The molecule has 6 heteroatoms. The van der Waals surface area contributed by atoms with Crippen molar-refractivity contribution in [3.8, 4) is 0 Å². The molecule has 4 N–H and O–H groups in total. The van der Waals surface area contributed by atoms with Gasteiger partial charge in [-0.2, -0.15) is 0 Å². The molecule has 1 heterocycles. The third kappa shape index (κ3) is 3.67. The Balaban J connectivity index is 0.000000921. The molecular weight excluding hydrogens is 204 g/mol. The average Bonchev–Trinajstić information content (AvgIpc) is 2.26. The average molecular weight is 224 g/mol. The molecule has 1 rings (SSSR count). The van der Waals surface area contributed by atoms with Gasteiger partial charge in [0, 0.05) is 7.11 Å². The summed E-state index contributed by atoms with van der Waals surface area (Å²) in [5.41, 5.74) is 0. The summed E-state index contributed by atoms with van der Waals surface area (Å²) in [7, 11) is 1.40. The van der Waals surface area contributed by atoms with Crippen molar-refractivity contribution in [2.75, 3.05) is 13.7 Å². The third-order valence-electron chi connectivity index (χ3n) is 2.02. The molecule has 0 saturated carbocycles. The van der Waals surface area contributed by atoms with E-state index in [1.807, 2.05) is 13.8 Å². The molecule has 0 aromatic heterocycles. The highest BCUT2D eigenvalue weighted by Crippen LogP contribution is 2.19. The van der Waals surface area contributed by atoms with Crippen molar-refractivity contribution in [3.05, 3.63) is 0 Å². The lowest BCUT2D eigenvalue weighted by Gasteiger charge is -2.37. The summed E-state index contributed by atoms with van der Waals surface area (Å²) in [4.78, 5) is 0. The predicted molar refractivity (Wildman–Crippen MR) is 52.1 cm³/mol. The van der Waals surface area contributed by atoms with Crippen LogP contribution in [-0.4, -0.2) is 64.8 Å². The maximum absolute atomic E-state index is 9.33. The van der Waals surface area contributed by atoms with Crippen LogP contribution in [0.2, 0.25) is 0 Å². The molecule has 1 saturated heterocycles. The van der Waals surface area contributed by atoms with E-state index >= 15 is 0 Å². The summed E-state index contributed by atoms with van der Waals surface area (Å²) in [5, 5.41) is 36.7. The predicted octanol–water partition coefficient (Wildman–Crippen LogP) is -1.54. The summed E-state index contributed by atoms with van der Waals surface area (Å²) in [6.45, 7) is 4.04. The van der Waals surface area contributed by atoms with Crippen LogP contribution in [0.5, 0.6) is 0 Å². The van der Waals surface area contributed by atoms with Gasteiger partial charge in [0.2, 0.25) is 0 Å². The highest BCUT2D eigenvalue weighted by Gasteiger charge is 2.42. The van der Waals surface area contributed by atoms with Crippen molar-refractivity contribution in [3.63, 3.8) is 0 Å². The fraction of sp³-hybridized carbons (Fsp3) is 1.00. The zero-order valence-electron chi connectivity index (χ0n) is 9.20. The molecule has 1 aliphatic heterocycles. The number of aliphatic hydroxyl groups is 4. The quantitative estimate of drug-likeness (QED) is 0.453. The summed E-state index contributed by atoms with van der Waals surface area (Å²) in [6, 6.07) is 0. The van der Waals surface area contributed by atoms with Gasteiger partial charge in [0.05, 0.1) is 6.61 Å². The fourth-order valence-corrected chi connectivity index (χ4v) is 1.23. The van der Waals surface area contributed by atoms with Crippen LogP contribution in [0.25, 0.3) is 0 Å². The Morgan fingerprint density at radius 1 is 1.00 bits per heavy atom. The van der Waals surface area contributed by atoms with Gasteiger partial charge >= 0.3 is 0 Å². The Labute approximate surface area is 89.1 Å². The largest absolute Gasteiger partial charge is 0.387 e. The number of aliphatic hydroxyl groups excluding tert-OH is 4. The monoisotopic (exact) mass is 224 g/mol. The van der Waals surface area contributed by atoms with Crippen LogP contribution >= 0.6 is 0 Å². The molecule has 6 nitrogen and oxygen atoms in total. The third-order valence-corrected chi connectivity index (χ3v) is 2.02. The van der Waals surface area contributed by atoms with E-state index in [0.717, 1.165) is 0 Å². The normalized spacial score (nSPS) is 40.6. The smallest absolute Gasteiger partial charge is 0.184 e. The van der Waals surface area contributed by atoms with E-state index in [9.17, 15) is 10.2 Å². The van der Waals surface area contributed by atoms with Gasteiger partial charge in [-0.05, 0) is 0 Å². The van der Waals surface area contributed by atoms with Gasteiger partial charge in [-0.1, -0.05) is 13.8 Å². The summed E-state index contributed by atoms with van der Waals surface area (Å²) in [6.07, 6.45) is -6.46. The summed E-state index contributed by atoms with van der Waals surface area (Å²) < 4.78 is 9.49. The first kappa shape index (κ1) is 14.8. The van der Waals surface area contributed by atoms with E-state index in [1.54, 1.807) is 0 Å². The zero-order valence-corrected chi connectivity index (χ0v) is 9.20. The van der Waals surface area contributed by atoms with Crippen LogP contribution in [0.4, 0.5) is 0 Å². The molecule has 1 fully saturated rings. The van der Waals surface area contributed by atoms with Crippen LogP contribution < -0.4 is 0 Å². The van der Waals surface area contributed by atoms with Gasteiger partial charge < -0.3 is 29.9 Å². The van der Waals surface area contributed by atoms with E-state index in [0.29, 0.717) is 0 Å². The second-order valence-electron chi connectivity index (χ2n) is 2.99. The Morgan fingerprint density at radius 2 is 1.53 bits per heavy atom. The molecule has 0 aliphatic carbocycles. The molecule has 0 bridgehead atoms. The first-order valence-electron chi connectivity index (χ1n) is 4.94. The Morgan fingerprint density at radius 3 is 2.00 bits per heavy atom. The van der Waals surface area contributed by atoms with Crippen molar-refractivity contribution in [1.82, 2.24) is 0 Å². The van der Waals surface area contributed by atoms with Gasteiger partial charge in [-0.15, -0.1) is 0 Å². The Hall–Kier alpha value is -0.240. The molecule has 0 spiro atoms. The van der Waals surface area contributed by atoms with E-state index in [-0.39, 0.29) is 6.61 Å². The topological polar surface area (TPSA) is 99.4 Å². The number of hydrogen-bond acceptors (Lipinski definition) is 6. The summed E-state index contributed by atoms with van der Waals surface area (Å²) in [5.74, 6) is 0. The number of ether oxygens (including phenoxy) is 2. The molecule has 5 atom stereocenters. The van der Waals surface area contributed by atoms with Crippen molar-refractivity contribution in [1.29, 1.82) is 0 Å². The standard InChI is InChI=1S/C7H14O6.C2H6/c1-12-2-3-4(8)5(9)6(10)7(11)13-3;1-2/h3-11H,2H2,1H3;1-2H3. The molecule has 0 radical (unpaired) electrons. The minimum atomic E-state index is -1.49. The molecular formula is C9H20O6. The maximum Gasteiger partial charge on any atom is 0.184 e. The van der Waals surface area contributed by atoms with E-state index in [4.69, 9.17) is 19.7 Å². The maximum atomic E-state index is 9.33. The second-order valence-corrected chi connectivity index (χ2v) is 2.99. The van der Waals surface area contributed by atoms with Crippen molar-refractivity contribution >= 4 is 0 Å². The molecule has 0 aromatic rings. The molecule has 1 aliphatic rings. The van der Waals surface area contributed by atoms with Gasteiger partial charge in [-0.25, -0.2) is 0 Å². The Kier molecular flexibility index (Phi) is 6.99. The zero-order chi connectivity index (χ0) is 12.0. The highest BCUT2D eigenvalue weighted by molar-refractivity contribution is 4.88. The molecule has 0 amide bonds. The second kappa shape index (κ2) is 7.10. The van der Waals surface area contributed by atoms with Gasteiger partial charge in [0.15, 0.2) is 6.29 Å². The van der Waals surface area contributed by atoms with Crippen LogP contribution in [0.1, 0.15) is 13.8 Å². The van der Waals surface area contributed by atoms with Gasteiger partial charge in [0.25, 0.3) is 0 Å².